The van der Waals surface area contributed by atoms with Gasteiger partial charge in [0.15, 0.2) is 0 Å². The molecule has 52 heavy (non-hydrogen) atoms. The summed E-state index contributed by atoms with van der Waals surface area (Å²) in [5, 5.41) is 9.94. The number of hydrogen-bond donors (Lipinski definition) is 0. The van der Waals surface area contributed by atoms with E-state index in [0.717, 1.165) is 26.2 Å². The van der Waals surface area contributed by atoms with Crippen LogP contribution in [0.2, 0.25) is 0 Å². The molecule has 1 aromatic heterocycles. The van der Waals surface area contributed by atoms with Crippen molar-refractivity contribution in [1.29, 1.82) is 5.26 Å². The van der Waals surface area contributed by atoms with Crippen LogP contribution in [0.5, 0.6) is 17.4 Å². The Kier molecular flexibility index (Phi) is 10.6. The molecule has 14 nitrogen and oxygen atoms in total. The fourth-order valence-electron chi connectivity index (χ4n) is 7.31. The van der Waals surface area contributed by atoms with Gasteiger partial charge in [0, 0.05) is 69.2 Å². The molecule has 276 valence electrons. The number of piperidine rings is 1. The SMILES string of the molecule is CCOc1ncccc1C1(OC(=O)N2CCC(N3CCN(C(C)C)CC3)CC2)C(=O)N(S(=O)(=O)c2ccc(OC)cc2OC)c2ccc(C#N)cc21. The van der Waals surface area contributed by atoms with E-state index in [-0.39, 0.29) is 45.5 Å². The van der Waals surface area contributed by atoms with Crippen molar-refractivity contribution < 1.29 is 37.0 Å². The summed E-state index contributed by atoms with van der Waals surface area (Å²) in [5.74, 6) is -0.860. The highest BCUT2D eigenvalue weighted by atomic mass is 32.2. The van der Waals surface area contributed by atoms with E-state index < -0.39 is 27.6 Å². The third-order valence-electron chi connectivity index (χ3n) is 10.1. The number of hydrogen-bond acceptors (Lipinski definition) is 12. The van der Waals surface area contributed by atoms with E-state index in [9.17, 15) is 18.5 Å². The van der Waals surface area contributed by atoms with Crippen LogP contribution in [0.15, 0.2) is 59.6 Å². The van der Waals surface area contributed by atoms with Crippen molar-refractivity contribution in [3.8, 4) is 23.4 Å². The number of pyridine rings is 1. The van der Waals surface area contributed by atoms with Gasteiger partial charge in [0.1, 0.15) is 16.4 Å². The van der Waals surface area contributed by atoms with E-state index in [0.29, 0.717) is 48.1 Å². The highest BCUT2D eigenvalue weighted by Gasteiger charge is 2.61. The number of piperazine rings is 1. The highest BCUT2D eigenvalue weighted by Crippen LogP contribution is 2.52. The first-order valence-electron chi connectivity index (χ1n) is 17.4. The summed E-state index contributed by atoms with van der Waals surface area (Å²) < 4.78 is 52.7. The van der Waals surface area contributed by atoms with Crippen LogP contribution in [0.4, 0.5) is 10.5 Å². The van der Waals surface area contributed by atoms with Crippen LogP contribution in [0, 0.1) is 11.3 Å². The van der Waals surface area contributed by atoms with Gasteiger partial charge in [-0.05, 0) is 76.1 Å². The fourth-order valence-corrected chi connectivity index (χ4v) is 8.91. The van der Waals surface area contributed by atoms with E-state index in [1.165, 1.54) is 62.9 Å². The predicted molar refractivity (Wildman–Crippen MR) is 191 cm³/mol. The lowest BCUT2D eigenvalue weighted by molar-refractivity contribution is -0.132. The summed E-state index contributed by atoms with van der Waals surface area (Å²) in [6, 6.07) is 14.1. The number of likely N-dealkylation sites (tertiary alicyclic amines) is 1. The fraction of sp³-hybridized carbons (Fsp3) is 0.459. The molecular formula is C37H44N6O8S. The van der Waals surface area contributed by atoms with Gasteiger partial charge in [-0.25, -0.2) is 18.2 Å². The Morgan fingerprint density at radius 1 is 1.00 bits per heavy atom. The van der Waals surface area contributed by atoms with E-state index in [1.54, 1.807) is 17.9 Å². The maximum Gasteiger partial charge on any atom is 0.411 e. The number of carbonyl (C=O) groups excluding carboxylic acids is 2. The minimum atomic E-state index is -4.74. The van der Waals surface area contributed by atoms with Crippen LogP contribution >= 0.6 is 0 Å². The van der Waals surface area contributed by atoms with E-state index in [4.69, 9.17) is 18.9 Å². The van der Waals surface area contributed by atoms with Crippen molar-refractivity contribution in [3.05, 3.63) is 71.4 Å². The number of fused-ring (bicyclic) bond motifs is 1. The number of amides is 2. The molecule has 6 rings (SSSR count). The van der Waals surface area contributed by atoms with Crippen LogP contribution in [0.1, 0.15) is 50.3 Å². The number of rotatable bonds is 10. The second-order valence-electron chi connectivity index (χ2n) is 13.2. The molecule has 0 bridgehead atoms. The molecule has 2 saturated heterocycles. The monoisotopic (exact) mass is 732 g/mol. The minimum absolute atomic E-state index is 0.0174. The maximum atomic E-state index is 15.1. The summed E-state index contributed by atoms with van der Waals surface area (Å²) >= 11 is 0. The van der Waals surface area contributed by atoms with E-state index >= 15 is 4.79 Å². The smallest absolute Gasteiger partial charge is 0.411 e. The van der Waals surface area contributed by atoms with Crippen molar-refractivity contribution in [1.82, 2.24) is 19.7 Å². The van der Waals surface area contributed by atoms with Crippen molar-refractivity contribution >= 4 is 27.7 Å². The van der Waals surface area contributed by atoms with Crippen molar-refractivity contribution in [2.75, 3.05) is 64.4 Å². The van der Waals surface area contributed by atoms with E-state index in [1.807, 2.05) is 0 Å². The molecule has 2 fully saturated rings. The first-order chi connectivity index (χ1) is 25.0. The summed E-state index contributed by atoms with van der Waals surface area (Å²) in [7, 11) is -2.00. The standard InChI is InChI=1S/C37H44N6O8S/c1-6-50-34-29(8-7-15-39-34)37(51-36(45)42-16-13-27(14-17-42)41-20-18-40(19-21-41)25(2)3)30-22-26(24-38)9-11-31(30)43(35(37)44)52(46,47)33-12-10-28(48-4)23-32(33)49-5/h7-12,15,22-23,25,27H,6,13-14,16-21H2,1-5H3. The third kappa shape index (κ3) is 6.50. The predicted octanol–water partition coefficient (Wildman–Crippen LogP) is 3.98. The number of sulfonamides is 1. The summed E-state index contributed by atoms with van der Waals surface area (Å²) in [4.78, 5) is 40.0. The lowest BCUT2D eigenvalue weighted by atomic mass is 9.87. The van der Waals surface area contributed by atoms with Crippen molar-refractivity contribution in [2.24, 2.45) is 0 Å². The number of benzene rings is 2. The molecule has 3 aliphatic rings. The second-order valence-corrected chi connectivity index (χ2v) is 14.9. The molecule has 3 aromatic rings. The lowest BCUT2D eigenvalue weighted by Crippen LogP contribution is -2.55. The van der Waals surface area contributed by atoms with Gasteiger partial charge in [-0.15, -0.1) is 0 Å². The molecule has 0 saturated carbocycles. The molecule has 0 N–H and O–H groups in total. The second kappa shape index (κ2) is 15.0. The number of anilines is 1. The summed E-state index contributed by atoms with van der Waals surface area (Å²) in [6.45, 7) is 10.9. The number of ether oxygens (including phenoxy) is 4. The number of methoxy groups -OCH3 is 2. The van der Waals surface area contributed by atoms with E-state index in [2.05, 4.69) is 34.7 Å². The first-order valence-corrected chi connectivity index (χ1v) is 18.8. The first kappa shape index (κ1) is 36.9. The number of aromatic nitrogens is 1. The molecule has 2 amide bonds. The molecule has 3 aliphatic heterocycles. The number of nitriles is 1. The number of carbonyl (C=O) groups is 2. The Bertz CT molecular complexity index is 1970. The Morgan fingerprint density at radius 2 is 1.73 bits per heavy atom. The largest absolute Gasteiger partial charge is 0.497 e. The quantitative estimate of drug-likeness (QED) is 0.296. The van der Waals surface area contributed by atoms with Crippen molar-refractivity contribution in [2.45, 2.75) is 56.2 Å². The topological polar surface area (TPSA) is 155 Å². The van der Waals surface area contributed by atoms with Crippen molar-refractivity contribution in [3.63, 3.8) is 0 Å². The molecule has 15 heteroatoms. The minimum Gasteiger partial charge on any atom is -0.497 e. The lowest BCUT2D eigenvalue weighted by Gasteiger charge is -2.43. The summed E-state index contributed by atoms with van der Waals surface area (Å²) in [6.07, 6.45) is 2.07. The molecule has 1 atom stereocenters. The summed E-state index contributed by atoms with van der Waals surface area (Å²) in [5.41, 5.74) is -2.38. The molecule has 0 aliphatic carbocycles. The van der Waals surface area contributed by atoms with Gasteiger partial charge in [0.05, 0.1) is 43.7 Å². The molecule has 0 radical (unpaired) electrons. The van der Waals surface area contributed by atoms with Gasteiger partial charge in [-0.2, -0.15) is 9.57 Å². The third-order valence-corrected chi connectivity index (χ3v) is 11.8. The van der Waals surface area contributed by atoms with Gasteiger partial charge in [-0.1, -0.05) is 0 Å². The van der Waals surface area contributed by atoms with Gasteiger partial charge >= 0.3 is 6.09 Å². The zero-order valence-electron chi connectivity index (χ0n) is 30.1. The normalized spacial score (nSPS) is 20.1. The maximum absolute atomic E-state index is 15.1. The Hall–Kier alpha value is -4.91. The zero-order valence-corrected chi connectivity index (χ0v) is 30.9. The Labute approximate surface area is 304 Å². The van der Waals surface area contributed by atoms with Crippen LogP contribution in [0.25, 0.3) is 0 Å². The van der Waals surface area contributed by atoms with Crippen LogP contribution in [0.3, 0.4) is 0 Å². The average Bonchev–Trinajstić information content (AvgIpc) is 3.42. The zero-order chi connectivity index (χ0) is 37.2. The Morgan fingerprint density at radius 3 is 2.37 bits per heavy atom. The molecule has 1 unspecified atom stereocenters. The van der Waals surface area contributed by atoms with Gasteiger partial charge in [0.25, 0.3) is 21.5 Å². The molecule has 0 spiro atoms. The highest BCUT2D eigenvalue weighted by molar-refractivity contribution is 7.93. The van der Waals surface area contributed by atoms with Gasteiger partial charge in [0.2, 0.25) is 5.88 Å². The molecule has 4 heterocycles. The van der Waals surface area contributed by atoms with Crippen LogP contribution in [-0.4, -0.2) is 112 Å². The van der Waals surface area contributed by atoms with Gasteiger partial charge < -0.3 is 23.8 Å². The number of nitrogens with zero attached hydrogens (tertiary/aromatic N) is 6. The molecule has 2 aromatic carbocycles. The van der Waals surface area contributed by atoms with Crippen LogP contribution in [-0.2, 0) is 25.2 Å². The van der Waals surface area contributed by atoms with Gasteiger partial charge in [-0.3, -0.25) is 14.6 Å². The average molecular weight is 733 g/mol. The van der Waals surface area contributed by atoms with Crippen LogP contribution < -0.4 is 18.5 Å². The Balaban J connectivity index is 1.41. The molecular weight excluding hydrogens is 689 g/mol.